The average molecular weight is 246 g/mol. The van der Waals surface area contributed by atoms with Gasteiger partial charge in [-0.3, -0.25) is 4.79 Å². The highest BCUT2D eigenvalue weighted by Crippen LogP contribution is 2.51. The number of nitrogens with one attached hydrogen (secondary N) is 1. The van der Waals surface area contributed by atoms with Crippen molar-refractivity contribution in [3.05, 3.63) is 35.9 Å². The maximum atomic E-state index is 12.1. The number of amides is 1. The second-order valence-corrected chi connectivity index (χ2v) is 5.83. The van der Waals surface area contributed by atoms with Crippen molar-refractivity contribution in [2.45, 2.75) is 26.2 Å². The lowest BCUT2D eigenvalue weighted by molar-refractivity contribution is -0.122. The van der Waals surface area contributed by atoms with Crippen LogP contribution in [0.2, 0.25) is 0 Å². The van der Waals surface area contributed by atoms with E-state index in [2.05, 4.69) is 19.2 Å². The third-order valence-electron chi connectivity index (χ3n) is 3.99. The fourth-order valence-electron chi connectivity index (χ4n) is 2.35. The van der Waals surface area contributed by atoms with Crippen LogP contribution in [0.1, 0.15) is 31.7 Å². The Labute approximate surface area is 109 Å². The molecule has 2 unspecified atom stereocenters. The second kappa shape index (κ2) is 5.11. The van der Waals surface area contributed by atoms with Gasteiger partial charge in [-0.15, -0.1) is 0 Å². The molecule has 2 atom stereocenters. The van der Waals surface area contributed by atoms with E-state index in [1.807, 2.05) is 30.3 Å². The molecule has 3 nitrogen and oxygen atoms in total. The lowest BCUT2D eigenvalue weighted by atomic mass is 9.98. The predicted molar refractivity (Wildman–Crippen MR) is 73.1 cm³/mol. The topological polar surface area (TPSA) is 55.1 Å². The summed E-state index contributed by atoms with van der Waals surface area (Å²) in [6.45, 7) is 5.60. The molecule has 0 heterocycles. The first-order valence-electron chi connectivity index (χ1n) is 6.57. The van der Waals surface area contributed by atoms with Crippen LogP contribution in [0.25, 0.3) is 0 Å². The standard InChI is InChI=1S/C15H22N2O/c1-15(2)8-12(15)10-17-14(18)13(9-16)11-6-4-3-5-7-11/h3-7,12-13H,8-10,16H2,1-2H3,(H,17,18). The second-order valence-electron chi connectivity index (χ2n) is 5.83. The van der Waals surface area contributed by atoms with Crippen LogP contribution in [-0.2, 0) is 4.79 Å². The van der Waals surface area contributed by atoms with E-state index < -0.39 is 0 Å². The maximum absolute atomic E-state index is 12.1. The van der Waals surface area contributed by atoms with Crippen LogP contribution in [0, 0.1) is 11.3 Å². The van der Waals surface area contributed by atoms with E-state index in [9.17, 15) is 4.79 Å². The van der Waals surface area contributed by atoms with E-state index in [4.69, 9.17) is 5.73 Å². The van der Waals surface area contributed by atoms with Crippen molar-refractivity contribution in [2.24, 2.45) is 17.1 Å². The normalized spacial score (nSPS) is 22.3. The molecule has 0 aromatic heterocycles. The van der Waals surface area contributed by atoms with Gasteiger partial charge in [0.2, 0.25) is 5.91 Å². The molecule has 0 aliphatic heterocycles. The Morgan fingerprint density at radius 1 is 1.44 bits per heavy atom. The molecule has 2 rings (SSSR count). The van der Waals surface area contributed by atoms with Crippen LogP contribution >= 0.6 is 0 Å². The highest BCUT2D eigenvalue weighted by atomic mass is 16.1. The van der Waals surface area contributed by atoms with Crippen LogP contribution < -0.4 is 11.1 Å². The Hall–Kier alpha value is -1.35. The molecule has 1 aliphatic rings. The quantitative estimate of drug-likeness (QED) is 0.833. The molecule has 98 valence electrons. The molecule has 0 bridgehead atoms. The van der Waals surface area contributed by atoms with Gasteiger partial charge in [0.05, 0.1) is 5.92 Å². The van der Waals surface area contributed by atoms with Crippen LogP contribution in [0.3, 0.4) is 0 Å². The number of hydrogen-bond acceptors (Lipinski definition) is 2. The highest BCUT2D eigenvalue weighted by molar-refractivity contribution is 5.83. The van der Waals surface area contributed by atoms with Gasteiger partial charge in [-0.25, -0.2) is 0 Å². The van der Waals surface area contributed by atoms with Gasteiger partial charge in [0.25, 0.3) is 0 Å². The smallest absolute Gasteiger partial charge is 0.228 e. The van der Waals surface area contributed by atoms with Crippen molar-refractivity contribution in [2.75, 3.05) is 13.1 Å². The summed E-state index contributed by atoms with van der Waals surface area (Å²) in [6.07, 6.45) is 1.20. The van der Waals surface area contributed by atoms with Crippen molar-refractivity contribution >= 4 is 5.91 Å². The first-order chi connectivity index (χ1) is 8.54. The van der Waals surface area contributed by atoms with Gasteiger partial charge in [0, 0.05) is 13.1 Å². The molecule has 1 aromatic carbocycles. The van der Waals surface area contributed by atoms with Crippen molar-refractivity contribution in [1.82, 2.24) is 5.32 Å². The Bertz CT molecular complexity index is 414. The molecule has 3 heteroatoms. The Morgan fingerprint density at radius 2 is 2.06 bits per heavy atom. The molecular formula is C15H22N2O. The zero-order valence-electron chi connectivity index (χ0n) is 11.1. The van der Waals surface area contributed by atoms with Gasteiger partial charge in [0.15, 0.2) is 0 Å². The third-order valence-corrected chi connectivity index (χ3v) is 3.99. The van der Waals surface area contributed by atoms with E-state index in [-0.39, 0.29) is 11.8 Å². The van der Waals surface area contributed by atoms with Gasteiger partial charge in [-0.2, -0.15) is 0 Å². The lowest BCUT2D eigenvalue weighted by Crippen LogP contribution is -2.35. The van der Waals surface area contributed by atoms with Gasteiger partial charge in [-0.1, -0.05) is 44.2 Å². The number of carbonyl (C=O) groups excluding carboxylic acids is 1. The Kier molecular flexibility index (Phi) is 3.71. The van der Waals surface area contributed by atoms with Gasteiger partial charge in [-0.05, 0) is 23.3 Å². The number of nitrogens with two attached hydrogens (primary N) is 1. The summed E-state index contributed by atoms with van der Waals surface area (Å²) in [4.78, 5) is 12.1. The molecule has 1 aromatic rings. The number of hydrogen-bond donors (Lipinski definition) is 2. The van der Waals surface area contributed by atoms with E-state index in [1.165, 1.54) is 6.42 Å². The zero-order chi connectivity index (χ0) is 13.2. The average Bonchev–Trinajstić information content (AvgIpc) is 2.97. The van der Waals surface area contributed by atoms with Crippen LogP contribution in [0.5, 0.6) is 0 Å². The van der Waals surface area contributed by atoms with E-state index in [0.717, 1.165) is 12.1 Å². The van der Waals surface area contributed by atoms with Crippen LogP contribution in [0.4, 0.5) is 0 Å². The summed E-state index contributed by atoms with van der Waals surface area (Å²) in [6, 6.07) is 9.74. The molecule has 1 aliphatic carbocycles. The number of benzene rings is 1. The first kappa shape index (κ1) is 13.1. The van der Waals surface area contributed by atoms with Gasteiger partial charge in [0.1, 0.15) is 0 Å². The van der Waals surface area contributed by atoms with E-state index >= 15 is 0 Å². The summed E-state index contributed by atoms with van der Waals surface area (Å²) < 4.78 is 0. The zero-order valence-corrected chi connectivity index (χ0v) is 11.1. The fourth-order valence-corrected chi connectivity index (χ4v) is 2.35. The van der Waals surface area contributed by atoms with Crippen molar-refractivity contribution in [3.63, 3.8) is 0 Å². The van der Waals surface area contributed by atoms with Crippen LogP contribution in [-0.4, -0.2) is 19.0 Å². The number of rotatable bonds is 5. The summed E-state index contributed by atoms with van der Waals surface area (Å²) in [5.41, 5.74) is 7.11. The van der Waals surface area contributed by atoms with E-state index in [1.54, 1.807) is 0 Å². The predicted octanol–water partition coefficient (Wildman–Crippen LogP) is 1.89. The molecular weight excluding hydrogens is 224 g/mol. The maximum Gasteiger partial charge on any atom is 0.228 e. The SMILES string of the molecule is CC1(C)CC1CNC(=O)C(CN)c1ccccc1. The lowest BCUT2D eigenvalue weighted by Gasteiger charge is -2.15. The summed E-state index contributed by atoms with van der Waals surface area (Å²) >= 11 is 0. The Balaban J connectivity index is 1.90. The Morgan fingerprint density at radius 3 is 2.56 bits per heavy atom. The molecule has 18 heavy (non-hydrogen) atoms. The summed E-state index contributed by atoms with van der Waals surface area (Å²) in [7, 11) is 0. The molecule has 0 radical (unpaired) electrons. The summed E-state index contributed by atoms with van der Waals surface area (Å²) in [5.74, 6) is 0.440. The monoisotopic (exact) mass is 246 g/mol. The minimum absolute atomic E-state index is 0.0476. The fraction of sp³-hybridized carbons (Fsp3) is 0.533. The third kappa shape index (κ3) is 2.91. The molecule has 1 fully saturated rings. The highest BCUT2D eigenvalue weighted by Gasteiger charge is 2.45. The molecule has 1 saturated carbocycles. The first-order valence-corrected chi connectivity index (χ1v) is 6.57. The van der Waals surface area contributed by atoms with Crippen molar-refractivity contribution in [3.8, 4) is 0 Å². The minimum atomic E-state index is -0.229. The van der Waals surface area contributed by atoms with Crippen molar-refractivity contribution in [1.29, 1.82) is 0 Å². The molecule has 1 amide bonds. The van der Waals surface area contributed by atoms with Gasteiger partial charge < -0.3 is 11.1 Å². The number of carbonyl (C=O) groups is 1. The van der Waals surface area contributed by atoms with E-state index in [0.29, 0.717) is 17.9 Å². The molecule has 0 saturated heterocycles. The molecule has 0 spiro atoms. The van der Waals surface area contributed by atoms with Gasteiger partial charge >= 0.3 is 0 Å². The largest absolute Gasteiger partial charge is 0.355 e. The molecule has 3 N–H and O–H groups in total. The summed E-state index contributed by atoms with van der Waals surface area (Å²) in [5, 5.41) is 3.03. The van der Waals surface area contributed by atoms with Crippen LogP contribution in [0.15, 0.2) is 30.3 Å². The minimum Gasteiger partial charge on any atom is -0.355 e. The van der Waals surface area contributed by atoms with Crippen molar-refractivity contribution < 1.29 is 4.79 Å².